The highest BCUT2D eigenvalue weighted by molar-refractivity contribution is 5.84. The van der Waals surface area contributed by atoms with Crippen molar-refractivity contribution < 1.29 is 14.7 Å². The average Bonchev–Trinajstić information content (AvgIpc) is 2.37. The Morgan fingerprint density at radius 1 is 1.33 bits per heavy atom. The first kappa shape index (κ1) is 18.0. The molecule has 21 heavy (non-hydrogen) atoms. The molecule has 0 aliphatic heterocycles. The molecule has 122 valence electrons. The van der Waals surface area contributed by atoms with E-state index in [0.29, 0.717) is 12.5 Å². The first-order valence-corrected chi connectivity index (χ1v) is 7.83. The number of aliphatic carboxylic acids is 1. The lowest BCUT2D eigenvalue weighted by atomic mass is 9.70. The summed E-state index contributed by atoms with van der Waals surface area (Å²) >= 11 is 0. The topological polar surface area (TPSA) is 92.4 Å². The Kier molecular flexibility index (Phi) is 5.79. The highest BCUT2D eigenvalue weighted by atomic mass is 16.4. The Labute approximate surface area is 127 Å². The summed E-state index contributed by atoms with van der Waals surface area (Å²) in [7, 11) is 0. The van der Waals surface area contributed by atoms with E-state index in [1.165, 1.54) is 0 Å². The van der Waals surface area contributed by atoms with Crippen LogP contribution in [-0.4, -0.2) is 29.6 Å². The maximum atomic E-state index is 12.7. The van der Waals surface area contributed by atoms with Crippen molar-refractivity contribution in [1.29, 1.82) is 0 Å². The lowest BCUT2D eigenvalue weighted by Gasteiger charge is -2.40. The predicted octanol–water partition coefficient (Wildman–Crippen LogP) is 2.15. The van der Waals surface area contributed by atoms with Gasteiger partial charge in [0, 0.05) is 12.6 Å². The van der Waals surface area contributed by atoms with Gasteiger partial charge in [0.05, 0.1) is 11.8 Å². The molecule has 0 aromatic carbocycles. The van der Waals surface area contributed by atoms with Crippen molar-refractivity contribution in [3.63, 3.8) is 0 Å². The first-order valence-electron chi connectivity index (χ1n) is 7.83. The van der Waals surface area contributed by atoms with E-state index in [1.807, 2.05) is 20.8 Å². The Morgan fingerprint density at radius 3 is 2.24 bits per heavy atom. The molecule has 1 saturated carbocycles. The number of nitrogens with two attached hydrogens (primary N) is 1. The minimum absolute atomic E-state index is 0.0632. The number of amides is 1. The van der Waals surface area contributed by atoms with Crippen molar-refractivity contribution in [1.82, 2.24) is 5.32 Å². The highest BCUT2D eigenvalue weighted by Gasteiger charge is 2.41. The molecule has 5 nitrogen and oxygen atoms in total. The normalized spacial score (nSPS) is 28.0. The standard InChI is InChI=1S/C16H30N2O3/c1-11-5-7-16(10-17,8-6-11)14(21)18-12(9-13(19)20)15(2,3)4/h11-12H,5-10,17H2,1-4H3,(H,18,21)(H,19,20). The minimum Gasteiger partial charge on any atom is -0.481 e. The molecule has 1 amide bonds. The second-order valence-electron chi connectivity index (χ2n) is 7.66. The molecule has 0 aromatic heterocycles. The van der Waals surface area contributed by atoms with E-state index in [4.69, 9.17) is 10.8 Å². The van der Waals surface area contributed by atoms with Gasteiger partial charge in [-0.05, 0) is 37.0 Å². The second-order valence-corrected chi connectivity index (χ2v) is 7.66. The fourth-order valence-corrected chi connectivity index (χ4v) is 2.90. The van der Waals surface area contributed by atoms with Gasteiger partial charge in [-0.3, -0.25) is 9.59 Å². The molecule has 4 N–H and O–H groups in total. The van der Waals surface area contributed by atoms with E-state index in [1.54, 1.807) is 0 Å². The predicted molar refractivity (Wildman–Crippen MR) is 82.8 cm³/mol. The number of carboxylic acids is 1. The molecule has 0 aromatic rings. The molecule has 0 saturated heterocycles. The zero-order chi connectivity index (χ0) is 16.3. The summed E-state index contributed by atoms with van der Waals surface area (Å²) < 4.78 is 0. The van der Waals surface area contributed by atoms with E-state index < -0.39 is 11.4 Å². The second kappa shape index (κ2) is 6.77. The molecule has 1 aliphatic rings. The van der Waals surface area contributed by atoms with Gasteiger partial charge in [0.1, 0.15) is 0 Å². The van der Waals surface area contributed by atoms with E-state index in [9.17, 15) is 9.59 Å². The summed E-state index contributed by atoms with van der Waals surface area (Å²) in [6.45, 7) is 8.35. The van der Waals surface area contributed by atoms with Gasteiger partial charge in [0.15, 0.2) is 0 Å². The molecule has 1 fully saturated rings. The SMILES string of the molecule is CC1CCC(CN)(C(=O)NC(CC(=O)O)C(C)(C)C)CC1. The largest absolute Gasteiger partial charge is 0.481 e. The Balaban J connectivity index is 2.82. The van der Waals surface area contributed by atoms with Crippen LogP contribution in [0.3, 0.4) is 0 Å². The van der Waals surface area contributed by atoms with Gasteiger partial charge < -0.3 is 16.2 Å². The maximum Gasteiger partial charge on any atom is 0.305 e. The average molecular weight is 298 g/mol. The van der Waals surface area contributed by atoms with E-state index in [-0.39, 0.29) is 23.8 Å². The van der Waals surface area contributed by atoms with Crippen molar-refractivity contribution in [3.8, 4) is 0 Å². The van der Waals surface area contributed by atoms with Crippen LogP contribution >= 0.6 is 0 Å². The molecule has 0 heterocycles. The third kappa shape index (κ3) is 4.70. The summed E-state index contributed by atoms with van der Waals surface area (Å²) in [5, 5.41) is 12.0. The van der Waals surface area contributed by atoms with Gasteiger partial charge in [-0.1, -0.05) is 27.7 Å². The summed E-state index contributed by atoms with van der Waals surface area (Å²) in [5.41, 5.74) is 5.07. The molecule has 1 unspecified atom stereocenters. The van der Waals surface area contributed by atoms with Gasteiger partial charge in [-0.15, -0.1) is 0 Å². The highest BCUT2D eigenvalue weighted by Crippen LogP contribution is 2.39. The van der Waals surface area contributed by atoms with Gasteiger partial charge in [-0.25, -0.2) is 0 Å². The van der Waals surface area contributed by atoms with Gasteiger partial charge in [0.25, 0.3) is 0 Å². The van der Waals surface area contributed by atoms with Crippen molar-refractivity contribution in [2.24, 2.45) is 22.5 Å². The van der Waals surface area contributed by atoms with E-state index in [0.717, 1.165) is 25.7 Å². The molecular weight excluding hydrogens is 268 g/mol. The van der Waals surface area contributed by atoms with Crippen molar-refractivity contribution in [2.45, 2.75) is 65.8 Å². The quantitative estimate of drug-likeness (QED) is 0.725. The fraction of sp³-hybridized carbons (Fsp3) is 0.875. The maximum absolute atomic E-state index is 12.7. The number of carbonyl (C=O) groups excluding carboxylic acids is 1. The summed E-state index contributed by atoms with van der Waals surface area (Å²) in [4.78, 5) is 23.7. The Morgan fingerprint density at radius 2 is 1.86 bits per heavy atom. The van der Waals surface area contributed by atoms with Crippen LogP contribution in [0.2, 0.25) is 0 Å². The summed E-state index contributed by atoms with van der Waals surface area (Å²) in [5.74, 6) is -0.331. The van der Waals surface area contributed by atoms with Crippen LogP contribution in [0, 0.1) is 16.7 Å². The van der Waals surface area contributed by atoms with Gasteiger partial charge >= 0.3 is 5.97 Å². The van der Waals surface area contributed by atoms with Gasteiger partial charge in [-0.2, -0.15) is 0 Å². The van der Waals surface area contributed by atoms with Crippen LogP contribution in [0.4, 0.5) is 0 Å². The zero-order valence-corrected chi connectivity index (χ0v) is 13.7. The van der Waals surface area contributed by atoms with Crippen molar-refractivity contribution in [3.05, 3.63) is 0 Å². The lowest BCUT2D eigenvalue weighted by molar-refractivity contribution is -0.139. The number of nitrogens with one attached hydrogen (secondary N) is 1. The Hall–Kier alpha value is -1.10. The molecule has 1 atom stereocenters. The van der Waals surface area contributed by atoms with Crippen LogP contribution in [0.5, 0.6) is 0 Å². The van der Waals surface area contributed by atoms with Crippen LogP contribution in [0.25, 0.3) is 0 Å². The minimum atomic E-state index is -0.894. The molecule has 1 aliphatic carbocycles. The zero-order valence-electron chi connectivity index (χ0n) is 13.7. The van der Waals surface area contributed by atoms with Crippen molar-refractivity contribution >= 4 is 11.9 Å². The molecule has 0 bridgehead atoms. The number of hydrogen-bond donors (Lipinski definition) is 3. The molecule has 1 rings (SSSR count). The first-order chi connectivity index (χ1) is 9.60. The van der Waals surface area contributed by atoms with Crippen LogP contribution in [-0.2, 0) is 9.59 Å². The van der Waals surface area contributed by atoms with E-state index >= 15 is 0 Å². The molecule has 5 heteroatoms. The smallest absolute Gasteiger partial charge is 0.305 e. The van der Waals surface area contributed by atoms with Gasteiger partial charge in [0.2, 0.25) is 5.91 Å². The van der Waals surface area contributed by atoms with Crippen LogP contribution in [0.15, 0.2) is 0 Å². The monoisotopic (exact) mass is 298 g/mol. The number of rotatable bonds is 5. The third-order valence-electron chi connectivity index (χ3n) is 4.83. The van der Waals surface area contributed by atoms with Crippen LogP contribution < -0.4 is 11.1 Å². The number of hydrogen-bond acceptors (Lipinski definition) is 3. The van der Waals surface area contributed by atoms with Crippen LogP contribution in [0.1, 0.15) is 59.8 Å². The third-order valence-corrected chi connectivity index (χ3v) is 4.83. The molecule has 0 radical (unpaired) electrons. The van der Waals surface area contributed by atoms with E-state index in [2.05, 4.69) is 12.2 Å². The molecule has 0 spiro atoms. The molecular formula is C16H30N2O3. The fourth-order valence-electron chi connectivity index (χ4n) is 2.90. The lowest BCUT2D eigenvalue weighted by Crippen LogP contribution is -2.54. The summed E-state index contributed by atoms with van der Waals surface area (Å²) in [6.07, 6.45) is 3.53. The summed E-state index contributed by atoms with van der Waals surface area (Å²) in [6, 6.07) is -0.384. The number of carboxylic acid groups (broad SMARTS) is 1. The number of carbonyl (C=O) groups is 2. The van der Waals surface area contributed by atoms with Crippen molar-refractivity contribution in [2.75, 3.05) is 6.54 Å². The Bertz CT molecular complexity index is 379.